The zero-order valence-corrected chi connectivity index (χ0v) is 24.6. The smallest absolute Gasteiger partial charge is 0.338 e. The zero-order chi connectivity index (χ0) is 29.2. The molecule has 1 aromatic heterocycles. The predicted octanol–water partition coefficient (Wildman–Crippen LogP) is 6.18. The van der Waals surface area contributed by atoms with Crippen LogP contribution in [0.25, 0.3) is 16.8 Å². The Kier molecular flexibility index (Phi) is 7.78. The molecule has 0 saturated heterocycles. The van der Waals surface area contributed by atoms with Gasteiger partial charge in [0.15, 0.2) is 4.80 Å². The van der Waals surface area contributed by atoms with Crippen molar-refractivity contribution in [3.8, 4) is 5.75 Å². The molecule has 1 atom stereocenters. The number of halogens is 1. The van der Waals surface area contributed by atoms with Gasteiger partial charge in [-0.25, -0.2) is 9.79 Å². The van der Waals surface area contributed by atoms with E-state index in [0.717, 1.165) is 27.5 Å². The molecule has 1 aliphatic rings. The first-order valence-electron chi connectivity index (χ1n) is 13.6. The lowest BCUT2D eigenvalue weighted by molar-refractivity contribution is -0.139. The first-order chi connectivity index (χ1) is 20.4. The van der Waals surface area contributed by atoms with Crippen molar-refractivity contribution in [1.82, 2.24) is 4.57 Å². The minimum atomic E-state index is -0.692. The summed E-state index contributed by atoms with van der Waals surface area (Å²) in [6.07, 6.45) is 1.82. The van der Waals surface area contributed by atoms with Gasteiger partial charge in [-0.1, -0.05) is 95.7 Å². The summed E-state index contributed by atoms with van der Waals surface area (Å²) >= 11 is 7.42. The molecule has 42 heavy (non-hydrogen) atoms. The van der Waals surface area contributed by atoms with Gasteiger partial charge < -0.3 is 9.47 Å². The minimum absolute atomic E-state index is 0.217. The van der Waals surface area contributed by atoms with Crippen molar-refractivity contribution in [2.24, 2.45) is 4.99 Å². The van der Waals surface area contributed by atoms with Crippen LogP contribution in [-0.4, -0.2) is 17.1 Å². The van der Waals surface area contributed by atoms with Crippen LogP contribution in [0.5, 0.6) is 5.75 Å². The van der Waals surface area contributed by atoms with Crippen molar-refractivity contribution in [3.05, 3.63) is 144 Å². The largest absolute Gasteiger partial charge is 0.488 e. The first-order valence-corrected chi connectivity index (χ1v) is 14.8. The molecule has 0 saturated carbocycles. The summed E-state index contributed by atoms with van der Waals surface area (Å²) in [5.41, 5.74) is 3.18. The van der Waals surface area contributed by atoms with Gasteiger partial charge in [-0.05, 0) is 60.0 Å². The van der Waals surface area contributed by atoms with E-state index in [-0.39, 0.29) is 12.2 Å². The summed E-state index contributed by atoms with van der Waals surface area (Å²) < 4.78 is 13.7. The van der Waals surface area contributed by atoms with Crippen molar-refractivity contribution in [2.45, 2.75) is 26.5 Å². The van der Waals surface area contributed by atoms with Crippen molar-refractivity contribution in [1.29, 1.82) is 0 Å². The van der Waals surface area contributed by atoms with Gasteiger partial charge in [-0.3, -0.25) is 9.36 Å². The molecule has 0 N–H and O–H groups in total. The van der Waals surface area contributed by atoms with E-state index in [1.165, 1.54) is 11.3 Å². The maximum absolute atomic E-state index is 14.2. The lowest BCUT2D eigenvalue weighted by Crippen LogP contribution is -2.40. The number of carbonyl (C=O) groups excluding carboxylic acids is 1. The van der Waals surface area contributed by atoms with E-state index in [1.807, 2.05) is 97.1 Å². The number of fused-ring (bicyclic) bond motifs is 2. The Morgan fingerprint density at radius 3 is 2.62 bits per heavy atom. The number of allylic oxidation sites excluding steroid dienone is 1. The Labute approximate surface area is 251 Å². The standard InChI is InChI=1S/C34H27ClN2O4S/c1-3-40-33(39)30-21(2)36-34-37(31(30)27-16-9-13-23-11-4-6-15-26(23)27)32(38)29(42-34)19-24-12-5-7-17-28(24)41-20-22-10-8-14-25(35)18-22/h4-19,31H,3,20H2,1-2H3/b29-19+/t31-/m1/s1. The Bertz CT molecular complexity index is 2040. The normalized spacial score (nSPS) is 14.9. The van der Waals surface area contributed by atoms with Crippen LogP contribution in [0.3, 0.4) is 0 Å². The quantitative estimate of drug-likeness (QED) is 0.211. The molecule has 0 fully saturated rings. The summed E-state index contributed by atoms with van der Waals surface area (Å²) in [7, 11) is 0. The van der Waals surface area contributed by atoms with Gasteiger partial charge in [-0.2, -0.15) is 0 Å². The number of carbonyl (C=O) groups is 1. The first kappa shape index (κ1) is 27.7. The monoisotopic (exact) mass is 594 g/mol. The molecule has 0 aliphatic carbocycles. The van der Waals surface area contributed by atoms with Crippen LogP contribution < -0.4 is 19.6 Å². The number of nitrogens with zero attached hydrogens (tertiary/aromatic N) is 2. The molecule has 1 aliphatic heterocycles. The molecule has 4 aromatic carbocycles. The van der Waals surface area contributed by atoms with Gasteiger partial charge >= 0.3 is 5.97 Å². The molecule has 5 aromatic rings. The molecule has 6 nitrogen and oxygen atoms in total. The second-order valence-electron chi connectivity index (χ2n) is 9.83. The maximum Gasteiger partial charge on any atom is 0.338 e. The van der Waals surface area contributed by atoms with Crippen LogP contribution in [0, 0.1) is 0 Å². The minimum Gasteiger partial charge on any atom is -0.488 e. The fourth-order valence-electron chi connectivity index (χ4n) is 5.23. The van der Waals surface area contributed by atoms with Crippen LogP contribution in [-0.2, 0) is 16.1 Å². The van der Waals surface area contributed by atoms with Crippen LogP contribution in [0.15, 0.2) is 112 Å². The topological polar surface area (TPSA) is 69.9 Å². The van der Waals surface area contributed by atoms with Gasteiger partial charge in [0.2, 0.25) is 0 Å². The third kappa shape index (κ3) is 5.29. The molecule has 210 valence electrons. The Balaban J connectivity index is 1.49. The number of rotatable bonds is 7. The SMILES string of the molecule is CCOC(=O)C1=C(C)N=c2s/c(=C/c3ccccc3OCc3cccc(Cl)c3)c(=O)n2[C@@H]1c1cccc2ccccc12. The molecule has 0 bridgehead atoms. The van der Waals surface area contributed by atoms with Gasteiger partial charge in [0, 0.05) is 10.6 Å². The van der Waals surface area contributed by atoms with Gasteiger partial charge in [0.1, 0.15) is 12.4 Å². The highest BCUT2D eigenvalue weighted by Crippen LogP contribution is 2.35. The molecule has 0 amide bonds. The third-order valence-electron chi connectivity index (χ3n) is 7.12. The second kappa shape index (κ2) is 11.8. The number of ether oxygens (including phenoxy) is 2. The second-order valence-corrected chi connectivity index (χ2v) is 11.3. The maximum atomic E-state index is 14.2. The number of esters is 1. The van der Waals surface area contributed by atoms with E-state index in [0.29, 0.717) is 38.0 Å². The van der Waals surface area contributed by atoms with E-state index in [1.54, 1.807) is 18.4 Å². The third-order valence-corrected chi connectivity index (χ3v) is 8.34. The molecule has 0 unspecified atom stereocenters. The molecule has 0 radical (unpaired) electrons. The fourth-order valence-corrected chi connectivity index (χ4v) is 6.49. The van der Waals surface area contributed by atoms with Crippen molar-refractivity contribution >= 4 is 45.8 Å². The van der Waals surface area contributed by atoms with E-state index < -0.39 is 12.0 Å². The van der Waals surface area contributed by atoms with E-state index >= 15 is 0 Å². The highest BCUT2D eigenvalue weighted by atomic mass is 35.5. The predicted molar refractivity (Wildman–Crippen MR) is 167 cm³/mol. The van der Waals surface area contributed by atoms with Gasteiger partial charge in [-0.15, -0.1) is 0 Å². The summed E-state index contributed by atoms with van der Waals surface area (Å²) in [4.78, 5) is 32.7. The number of para-hydroxylation sites is 1. The summed E-state index contributed by atoms with van der Waals surface area (Å²) in [5.74, 6) is 0.156. The number of benzene rings is 4. The van der Waals surface area contributed by atoms with Crippen LogP contribution in [0.4, 0.5) is 0 Å². The highest BCUT2D eigenvalue weighted by molar-refractivity contribution is 7.07. The van der Waals surface area contributed by atoms with E-state index in [4.69, 9.17) is 26.1 Å². The number of thiazole rings is 1. The number of hydrogen-bond acceptors (Lipinski definition) is 6. The van der Waals surface area contributed by atoms with Crippen molar-refractivity contribution in [2.75, 3.05) is 6.61 Å². The molecule has 8 heteroatoms. The molecular formula is C34H27ClN2O4S. The van der Waals surface area contributed by atoms with Crippen LogP contribution in [0.1, 0.15) is 36.6 Å². The van der Waals surface area contributed by atoms with Crippen LogP contribution in [0.2, 0.25) is 5.02 Å². The Morgan fingerprint density at radius 2 is 1.79 bits per heavy atom. The summed E-state index contributed by atoms with van der Waals surface area (Å²) in [6.45, 7) is 4.10. The Morgan fingerprint density at radius 1 is 1.02 bits per heavy atom. The summed E-state index contributed by atoms with van der Waals surface area (Å²) in [6, 6.07) is 28.3. The van der Waals surface area contributed by atoms with Crippen molar-refractivity contribution in [3.63, 3.8) is 0 Å². The van der Waals surface area contributed by atoms with Gasteiger partial charge in [0.25, 0.3) is 5.56 Å². The molecule has 2 heterocycles. The summed E-state index contributed by atoms with van der Waals surface area (Å²) in [5, 5.41) is 2.61. The van der Waals surface area contributed by atoms with Gasteiger partial charge in [0.05, 0.1) is 28.5 Å². The molecule has 0 spiro atoms. The molecule has 6 rings (SSSR count). The fraction of sp³-hybridized carbons (Fsp3) is 0.147. The Hall–Kier alpha value is -4.46. The average Bonchev–Trinajstić information content (AvgIpc) is 3.29. The lowest BCUT2D eigenvalue weighted by Gasteiger charge is -2.25. The van der Waals surface area contributed by atoms with Crippen molar-refractivity contribution < 1.29 is 14.3 Å². The molecular weight excluding hydrogens is 568 g/mol. The number of hydrogen-bond donors (Lipinski definition) is 0. The average molecular weight is 595 g/mol. The zero-order valence-electron chi connectivity index (χ0n) is 23.0. The van der Waals surface area contributed by atoms with Crippen LogP contribution >= 0.6 is 22.9 Å². The number of aromatic nitrogens is 1. The highest BCUT2D eigenvalue weighted by Gasteiger charge is 2.34. The van der Waals surface area contributed by atoms with E-state index in [9.17, 15) is 9.59 Å². The lowest BCUT2D eigenvalue weighted by atomic mass is 9.91. The van der Waals surface area contributed by atoms with E-state index in [2.05, 4.69) is 0 Å².